The van der Waals surface area contributed by atoms with E-state index in [-0.39, 0.29) is 5.92 Å². The Bertz CT molecular complexity index is 1220. The average Bonchev–Trinajstić information content (AvgIpc) is 2.88. The molecule has 0 amide bonds. The molecular weight excluding hydrogens is 404 g/mol. The van der Waals surface area contributed by atoms with E-state index in [1.807, 2.05) is 24.3 Å². The van der Waals surface area contributed by atoms with E-state index in [1.165, 1.54) is 10.9 Å². The van der Waals surface area contributed by atoms with E-state index in [2.05, 4.69) is 71.6 Å². The quantitative estimate of drug-likeness (QED) is 0.359. The molecule has 3 nitrogen and oxygen atoms in total. The molecule has 5 rings (SSSR count). The normalized spacial score (nSPS) is 16.7. The third-order valence-corrected chi connectivity index (χ3v) is 6.75. The van der Waals surface area contributed by atoms with Crippen LogP contribution in [0.5, 0.6) is 0 Å². The molecule has 2 heterocycles. The standard InChI is InChI=1S/C30H30N2O/c33-30(20-23-10-3-1-4-11-23)26-14-9-18-32(22-26)19-17-25-21-29(24-12-5-2-6-13-24)31-28-16-8-7-15-27(25)28/h1-8,10-13,15-16,21,26H,9,14,17-20,22H2. The molecule has 3 heteroatoms. The number of nitrogens with zero attached hydrogens (tertiary/aromatic N) is 2. The third-order valence-electron chi connectivity index (χ3n) is 6.75. The number of Topliss-reactive ketones (excluding diaryl/α,β-unsaturated/α-hetero) is 1. The lowest BCUT2D eigenvalue weighted by Crippen LogP contribution is -2.40. The highest BCUT2D eigenvalue weighted by atomic mass is 16.1. The van der Waals surface area contributed by atoms with E-state index in [0.29, 0.717) is 12.2 Å². The van der Waals surface area contributed by atoms with Crippen LogP contribution < -0.4 is 0 Å². The molecular formula is C30H30N2O. The summed E-state index contributed by atoms with van der Waals surface area (Å²) in [6.45, 7) is 2.92. The fourth-order valence-corrected chi connectivity index (χ4v) is 4.95. The molecule has 1 fully saturated rings. The Kier molecular flexibility index (Phi) is 6.59. The van der Waals surface area contributed by atoms with Gasteiger partial charge in [-0.1, -0.05) is 78.9 Å². The van der Waals surface area contributed by atoms with Gasteiger partial charge in [0.15, 0.2) is 0 Å². The predicted octanol–water partition coefficient (Wildman–Crippen LogP) is 5.97. The van der Waals surface area contributed by atoms with Gasteiger partial charge in [-0.2, -0.15) is 0 Å². The minimum Gasteiger partial charge on any atom is -0.302 e. The number of ketones is 1. The molecule has 0 aliphatic carbocycles. The highest BCUT2D eigenvalue weighted by Crippen LogP contribution is 2.26. The highest BCUT2D eigenvalue weighted by Gasteiger charge is 2.25. The average molecular weight is 435 g/mol. The Hall–Kier alpha value is -3.30. The van der Waals surface area contributed by atoms with E-state index in [0.717, 1.165) is 61.2 Å². The summed E-state index contributed by atoms with van der Waals surface area (Å²) in [6, 6.07) is 31.2. The van der Waals surface area contributed by atoms with Crippen LogP contribution in [-0.4, -0.2) is 35.3 Å². The molecule has 4 aromatic rings. The van der Waals surface area contributed by atoms with E-state index in [4.69, 9.17) is 4.98 Å². The van der Waals surface area contributed by atoms with E-state index in [1.54, 1.807) is 0 Å². The molecule has 33 heavy (non-hydrogen) atoms. The summed E-state index contributed by atoms with van der Waals surface area (Å²) in [5.74, 6) is 0.527. The zero-order valence-corrected chi connectivity index (χ0v) is 19.0. The Balaban J connectivity index is 1.29. The van der Waals surface area contributed by atoms with Crippen LogP contribution in [0.3, 0.4) is 0 Å². The first-order valence-electron chi connectivity index (χ1n) is 12.0. The number of para-hydroxylation sites is 1. The summed E-state index contributed by atoms with van der Waals surface area (Å²) in [5.41, 5.74) is 5.67. The molecule has 0 saturated carbocycles. The first-order valence-corrected chi connectivity index (χ1v) is 12.0. The van der Waals surface area contributed by atoms with Crippen molar-refractivity contribution < 1.29 is 4.79 Å². The largest absolute Gasteiger partial charge is 0.302 e. The Labute approximate surface area is 196 Å². The maximum absolute atomic E-state index is 12.9. The third kappa shape index (κ3) is 5.20. The lowest BCUT2D eigenvalue weighted by Gasteiger charge is -2.32. The summed E-state index contributed by atoms with van der Waals surface area (Å²) in [6.07, 6.45) is 3.62. The van der Waals surface area contributed by atoms with Gasteiger partial charge >= 0.3 is 0 Å². The number of likely N-dealkylation sites (tertiary alicyclic amines) is 1. The zero-order valence-electron chi connectivity index (χ0n) is 19.0. The minimum absolute atomic E-state index is 0.146. The zero-order chi connectivity index (χ0) is 22.5. The molecule has 0 N–H and O–H groups in total. The summed E-state index contributed by atoms with van der Waals surface area (Å²) < 4.78 is 0. The Morgan fingerprint density at radius 3 is 2.45 bits per heavy atom. The van der Waals surface area contributed by atoms with Crippen molar-refractivity contribution in [3.63, 3.8) is 0 Å². The van der Waals surface area contributed by atoms with Gasteiger partial charge in [0, 0.05) is 36.4 Å². The van der Waals surface area contributed by atoms with Crippen molar-refractivity contribution in [1.82, 2.24) is 9.88 Å². The highest BCUT2D eigenvalue weighted by molar-refractivity contribution is 5.85. The molecule has 0 bridgehead atoms. The fraction of sp³-hybridized carbons (Fsp3) is 0.267. The van der Waals surface area contributed by atoms with Gasteiger partial charge in [-0.05, 0) is 49.1 Å². The summed E-state index contributed by atoms with van der Waals surface area (Å²) in [4.78, 5) is 20.3. The number of pyridine rings is 1. The van der Waals surface area contributed by atoms with Gasteiger partial charge in [-0.3, -0.25) is 4.79 Å². The molecule has 0 spiro atoms. The van der Waals surface area contributed by atoms with Gasteiger partial charge in [-0.15, -0.1) is 0 Å². The number of piperidine rings is 1. The Morgan fingerprint density at radius 1 is 0.909 bits per heavy atom. The van der Waals surface area contributed by atoms with Crippen LogP contribution in [0.1, 0.15) is 24.0 Å². The molecule has 1 unspecified atom stereocenters. The number of carbonyl (C=O) groups excluding carboxylic acids is 1. The second-order valence-electron chi connectivity index (χ2n) is 9.07. The number of aromatic nitrogens is 1. The molecule has 1 atom stereocenters. The second-order valence-corrected chi connectivity index (χ2v) is 9.07. The Morgan fingerprint density at radius 2 is 1.64 bits per heavy atom. The van der Waals surface area contributed by atoms with Crippen LogP contribution in [0, 0.1) is 5.92 Å². The van der Waals surface area contributed by atoms with Crippen molar-refractivity contribution in [3.8, 4) is 11.3 Å². The SMILES string of the molecule is O=C(Cc1ccccc1)C1CCCN(CCc2cc(-c3ccccc3)nc3ccccc23)C1. The van der Waals surface area contributed by atoms with E-state index >= 15 is 0 Å². The van der Waals surface area contributed by atoms with Crippen molar-refractivity contribution in [2.45, 2.75) is 25.7 Å². The van der Waals surface area contributed by atoms with E-state index < -0.39 is 0 Å². The van der Waals surface area contributed by atoms with Gasteiger partial charge < -0.3 is 4.90 Å². The first kappa shape index (κ1) is 21.5. The van der Waals surface area contributed by atoms with Crippen molar-refractivity contribution in [3.05, 3.63) is 102 Å². The fourth-order valence-electron chi connectivity index (χ4n) is 4.95. The maximum Gasteiger partial charge on any atom is 0.141 e. The minimum atomic E-state index is 0.146. The van der Waals surface area contributed by atoms with Gasteiger partial charge in [0.05, 0.1) is 11.2 Å². The molecule has 1 aliphatic heterocycles. The van der Waals surface area contributed by atoms with Gasteiger partial charge in [0.1, 0.15) is 5.78 Å². The topological polar surface area (TPSA) is 33.2 Å². The summed E-state index contributed by atoms with van der Waals surface area (Å²) in [7, 11) is 0. The smallest absolute Gasteiger partial charge is 0.141 e. The van der Waals surface area contributed by atoms with Crippen LogP contribution in [0.2, 0.25) is 0 Å². The van der Waals surface area contributed by atoms with Crippen molar-refractivity contribution in [2.75, 3.05) is 19.6 Å². The van der Waals surface area contributed by atoms with E-state index in [9.17, 15) is 4.79 Å². The first-order chi connectivity index (χ1) is 16.3. The maximum atomic E-state index is 12.9. The molecule has 1 saturated heterocycles. The molecule has 1 aliphatic rings. The molecule has 0 radical (unpaired) electrons. The number of rotatable bonds is 7. The number of benzene rings is 3. The molecule has 1 aromatic heterocycles. The number of hydrogen-bond donors (Lipinski definition) is 0. The molecule has 166 valence electrons. The van der Waals surface area contributed by atoms with Crippen molar-refractivity contribution >= 4 is 16.7 Å². The van der Waals surface area contributed by atoms with Crippen molar-refractivity contribution in [1.29, 1.82) is 0 Å². The lowest BCUT2D eigenvalue weighted by atomic mass is 9.90. The monoisotopic (exact) mass is 434 g/mol. The van der Waals surface area contributed by atoms with Crippen molar-refractivity contribution in [2.24, 2.45) is 5.92 Å². The van der Waals surface area contributed by atoms with Gasteiger partial charge in [0.2, 0.25) is 0 Å². The molecule has 3 aromatic carbocycles. The van der Waals surface area contributed by atoms with Crippen LogP contribution >= 0.6 is 0 Å². The lowest BCUT2D eigenvalue weighted by molar-refractivity contribution is -0.123. The van der Waals surface area contributed by atoms with Crippen LogP contribution in [0.25, 0.3) is 22.2 Å². The second kappa shape index (κ2) is 10.1. The van der Waals surface area contributed by atoms with Crippen LogP contribution in [0.4, 0.5) is 0 Å². The van der Waals surface area contributed by atoms with Gasteiger partial charge in [0.25, 0.3) is 0 Å². The van der Waals surface area contributed by atoms with Crippen LogP contribution in [-0.2, 0) is 17.6 Å². The predicted molar refractivity (Wildman–Crippen MR) is 135 cm³/mol. The summed E-state index contributed by atoms with van der Waals surface area (Å²) in [5, 5.41) is 1.23. The number of fused-ring (bicyclic) bond motifs is 1. The summed E-state index contributed by atoms with van der Waals surface area (Å²) >= 11 is 0. The number of hydrogen-bond acceptors (Lipinski definition) is 3. The van der Waals surface area contributed by atoms with Gasteiger partial charge in [-0.25, -0.2) is 4.98 Å². The van der Waals surface area contributed by atoms with Crippen LogP contribution in [0.15, 0.2) is 91.0 Å². The number of carbonyl (C=O) groups is 1.